The minimum atomic E-state index is 0.211. The van der Waals surface area contributed by atoms with Crippen LogP contribution < -0.4 is 4.90 Å². The number of fused-ring (bicyclic) bond motifs is 1. The average molecular weight is 372 g/mol. The van der Waals surface area contributed by atoms with Crippen LogP contribution in [0, 0.1) is 19.8 Å². The van der Waals surface area contributed by atoms with Crippen molar-refractivity contribution in [2.45, 2.75) is 52.4 Å². The molecule has 1 amide bonds. The van der Waals surface area contributed by atoms with Crippen molar-refractivity contribution in [3.05, 3.63) is 23.3 Å². The largest absolute Gasteiger partial charge is 0.348 e. The molecule has 2 aliphatic rings. The molecule has 0 bridgehead atoms. The maximum absolute atomic E-state index is 12.9. The number of rotatable bonds is 2. The highest BCUT2D eigenvalue weighted by molar-refractivity contribution is 7.22. The number of anilines is 1. The molecule has 0 radical (unpaired) electrons. The fraction of sp³-hybridized carbons (Fsp3) is 0.619. The Balaban J connectivity index is 1.42. The molecule has 4 nitrogen and oxygen atoms in total. The Labute approximate surface area is 160 Å². The van der Waals surface area contributed by atoms with Gasteiger partial charge in [0.25, 0.3) is 0 Å². The summed E-state index contributed by atoms with van der Waals surface area (Å²) in [4.78, 5) is 22.3. The second-order valence-electron chi connectivity index (χ2n) is 7.93. The Morgan fingerprint density at radius 1 is 1.04 bits per heavy atom. The number of carbonyl (C=O) groups is 1. The third-order valence-corrected chi connectivity index (χ3v) is 6.91. The molecule has 2 aromatic rings. The van der Waals surface area contributed by atoms with Crippen LogP contribution >= 0.6 is 11.3 Å². The number of carbonyl (C=O) groups excluding carboxylic acids is 1. The van der Waals surface area contributed by atoms with Gasteiger partial charge in [0.15, 0.2) is 5.13 Å². The van der Waals surface area contributed by atoms with E-state index in [4.69, 9.17) is 4.98 Å². The first-order valence-electron chi connectivity index (χ1n) is 10.0. The molecule has 5 heteroatoms. The van der Waals surface area contributed by atoms with E-state index >= 15 is 0 Å². The molecule has 2 fully saturated rings. The number of thiazole rings is 1. The molecule has 26 heavy (non-hydrogen) atoms. The lowest BCUT2D eigenvalue weighted by Gasteiger charge is -2.33. The van der Waals surface area contributed by atoms with Gasteiger partial charge in [0, 0.05) is 32.1 Å². The van der Waals surface area contributed by atoms with Crippen molar-refractivity contribution in [3.8, 4) is 0 Å². The monoisotopic (exact) mass is 371 g/mol. The average Bonchev–Trinajstić information content (AvgIpc) is 2.88. The van der Waals surface area contributed by atoms with Crippen LogP contribution in [0.1, 0.15) is 49.7 Å². The van der Waals surface area contributed by atoms with Gasteiger partial charge in [-0.3, -0.25) is 4.79 Å². The summed E-state index contributed by atoms with van der Waals surface area (Å²) in [5.41, 5.74) is 3.69. The van der Waals surface area contributed by atoms with Gasteiger partial charge in [-0.05, 0) is 56.7 Å². The molecule has 0 spiro atoms. The first-order chi connectivity index (χ1) is 12.6. The molecular formula is C21H29N3OS. The Hall–Kier alpha value is -1.62. The van der Waals surface area contributed by atoms with Crippen LogP contribution in [0.4, 0.5) is 5.13 Å². The highest BCUT2D eigenvalue weighted by Crippen LogP contribution is 2.34. The third-order valence-electron chi connectivity index (χ3n) is 5.85. The van der Waals surface area contributed by atoms with Crippen molar-refractivity contribution in [2.24, 2.45) is 5.92 Å². The van der Waals surface area contributed by atoms with E-state index in [0.29, 0.717) is 5.91 Å². The number of piperidine rings is 1. The van der Waals surface area contributed by atoms with E-state index in [9.17, 15) is 4.79 Å². The summed E-state index contributed by atoms with van der Waals surface area (Å²) in [7, 11) is 0. The van der Waals surface area contributed by atoms with Crippen LogP contribution in [-0.4, -0.2) is 42.0 Å². The molecule has 0 atom stereocenters. The van der Waals surface area contributed by atoms with Crippen LogP contribution in [0.5, 0.6) is 0 Å². The summed E-state index contributed by atoms with van der Waals surface area (Å²) >= 11 is 1.79. The number of hydrogen-bond donors (Lipinski definition) is 0. The maximum Gasteiger partial charge on any atom is 0.225 e. The molecule has 0 saturated carbocycles. The van der Waals surface area contributed by atoms with Crippen molar-refractivity contribution < 1.29 is 4.79 Å². The fourth-order valence-electron chi connectivity index (χ4n) is 4.36. The number of aryl methyl sites for hydroxylation is 2. The summed E-state index contributed by atoms with van der Waals surface area (Å²) in [5, 5.41) is 1.12. The number of amides is 1. The second-order valence-corrected chi connectivity index (χ2v) is 8.93. The molecule has 0 N–H and O–H groups in total. The van der Waals surface area contributed by atoms with E-state index in [1.54, 1.807) is 11.3 Å². The quantitative estimate of drug-likeness (QED) is 0.778. The Kier molecular flexibility index (Phi) is 5.16. The van der Waals surface area contributed by atoms with Gasteiger partial charge >= 0.3 is 0 Å². The molecule has 0 unspecified atom stereocenters. The fourth-order valence-corrected chi connectivity index (χ4v) is 5.55. The Bertz CT molecular complexity index is 784. The van der Waals surface area contributed by atoms with Gasteiger partial charge in [0.2, 0.25) is 5.91 Å². The van der Waals surface area contributed by atoms with Gasteiger partial charge in [-0.1, -0.05) is 30.2 Å². The summed E-state index contributed by atoms with van der Waals surface area (Å²) in [5.74, 6) is 0.616. The number of hydrogen-bond acceptors (Lipinski definition) is 4. The molecule has 4 rings (SSSR count). The Morgan fingerprint density at radius 2 is 1.73 bits per heavy atom. The normalized spacial score (nSPS) is 19.8. The van der Waals surface area contributed by atoms with Gasteiger partial charge in [0.1, 0.15) is 0 Å². The number of benzene rings is 1. The van der Waals surface area contributed by atoms with Crippen LogP contribution in [0.2, 0.25) is 0 Å². The maximum atomic E-state index is 12.9. The van der Waals surface area contributed by atoms with Crippen molar-refractivity contribution in [1.29, 1.82) is 0 Å². The van der Waals surface area contributed by atoms with E-state index in [0.717, 1.165) is 49.7 Å². The molecule has 2 aliphatic heterocycles. The van der Waals surface area contributed by atoms with Crippen molar-refractivity contribution in [1.82, 2.24) is 9.88 Å². The van der Waals surface area contributed by atoms with E-state index in [2.05, 4.69) is 35.8 Å². The zero-order valence-corrected chi connectivity index (χ0v) is 16.8. The minimum Gasteiger partial charge on any atom is -0.348 e. The standard InChI is InChI=1S/C21H29N3OS/c1-15-13-16(2)19-18(14-15)26-21(22-19)24-11-7-17(8-12-24)20(25)23-9-5-3-4-6-10-23/h13-14,17H,3-12H2,1-2H3. The summed E-state index contributed by atoms with van der Waals surface area (Å²) in [6.07, 6.45) is 6.83. The molecule has 140 valence electrons. The van der Waals surface area contributed by atoms with Crippen molar-refractivity contribution in [3.63, 3.8) is 0 Å². The van der Waals surface area contributed by atoms with Gasteiger partial charge in [-0.15, -0.1) is 0 Å². The topological polar surface area (TPSA) is 36.4 Å². The molecule has 1 aromatic carbocycles. The van der Waals surface area contributed by atoms with E-state index in [1.807, 2.05) is 0 Å². The van der Waals surface area contributed by atoms with Crippen LogP contribution in [0.25, 0.3) is 10.2 Å². The molecular weight excluding hydrogens is 342 g/mol. The molecule has 3 heterocycles. The van der Waals surface area contributed by atoms with Crippen molar-refractivity contribution in [2.75, 3.05) is 31.1 Å². The second kappa shape index (κ2) is 7.55. The van der Waals surface area contributed by atoms with E-state index < -0.39 is 0 Å². The summed E-state index contributed by atoms with van der Waals surface area (Å²) in [6.45, 7) is 8.12. The van der Waals surface area contributed by atoms with Gasteiger partial charge in [-0.2, -0.15) is 0 Å². The predicted molar refractivity (Wildman–Crippen MR) is 109 cm³/mol. The first kappa shape index (κ1) is 17.8. The van der Waals surface area contributed by atoms with Gasteiger partial charge < -0.3 is 9.80 Å². The Morgan fingerprint density at radius 3 is 2.42 bits per heavy atom. The summed E-state index contributed by atoms with van der Waals surface area (Å²) in [6, 6.07) is 4.44. The smallest absolute Gasteiger partial charge is 0.225 e. The van der Waals surface area contributed by atoms with Crippen LogP contribution in [-0.2, 0) is 4.79 Å². The highest BCUT2D eigenvalue weighted by atomic mass is 32.1. The van der Waals surface area contributed by atoms with Crippen molar-refractivity contribution >= 4 is 32.6 Å². The van der Waals surface area contributed by atoms with Crippen LogP contribution in [0.3, 0.4) is 0 Å². The molecule has 0 aliphatic carbocycles. The lowest BCUT2D eigenvalue weighted by atomic mass is 9.95. The first-order valence-corrected chi connectivity index (χ1v) is 10.8. The highest BCUT2D eigenvalue weighted by Gasteiger charge is 2.29. The number of aromatic nitrogens is 1. The third kappa shape index (κ3) is 3.59. The zero-order chi connectivity index (χ0) is 18.1. The summed E-state index contributed by atoms with van der Waals surface area (Å²) < 4.78 is 1.28. The molecule has 2 saturated heterocycles. The number of nitrogens with zero attached hydrogens (tertiary/aromatic N) is 3. The lowest BCUT2D eigenvalue weighted by molar-refractivity contribution is -0.136. The van der Waals surface area contributed by atoms with Crippen LogP contribution in [0.15, 0.2) is 12.1 Å². The van der Waals surface area contributed by atoms with E-state index in [-0.39, 0.29) is 5.92 Å². The number of likely N-dealkylation sites (tertiary alicyclic amines) is 1. The zero-order valence-electron chi connectivity index (χ0n) is 16.0. The predicted octanol–water partition coefficient (Wildman–Crippen LogP) is 4.53. The van der Waals surface area contributed by atoms with E-state index in [1.165, 1.54) is 41.5 Å². The van der Waals surface area contributed by atoms with Gasteiger partial charge in [-0.25, -0.2) is 4.98 Å². The molecule has 1 aromatic heterocycles. The SMILES string of the molecule is Cc1cc(C)c2nc(N3CCC(C(=O)N4CCCCCC4)CC3)sc2c1. The minimum absolute atomic E-state index is 0.211. The van der Waals surface area contributed by atoms with Gasteiger partial charge in [0.05, 0.1) is 10.2 Å². The lowest BCUT2D eigenvalue weighted by Crippen LogP contribution is -2.43.